The first-order chi connectivity index (χ1) is 13.1. The predicted molar refractivity (Wildman–Crippen MR) is 108 cm³/mol. The van der Waals surface area contributed by atoms with Crippen LogP contribution < -0.4 is 0 Å². The van der Waals surface area contributed by atoms with Crippen molar-refractivity contribution in [2.24, 2.45) is 5.92 Å². The topological polar surface area (TPSA) is 59.0 Å². The number of benzene rings is 1. The number of aliphatic hydroxyl groups excluding tert-OH is 1. The molecule has 3 rings (SSSR count). The SMILES string of the molecule is CCO[C@@H]1OC(C(=O)N(C)C)=C[C@H](c2csc3ccccc23)[C@@H]1CCCO. The van der Waals surface area contributed by atoms with E-state index in [1.54, 1.807) is 25.4 Å². The minimum atomic E-state index is -0.505. The number of carbonyl (C=O) groups is 1. The molecule has 0 saturated heterocycles. The van der Waals surface area contributed by atoms with E-state index in [-0.39, 0.29) is 24.3 Å². The summed E-state index contributed by atoms with van der Waals surface area (Å²) in [5, 5.41) is 12.7. The molecule has 1 N–H and O–H groups in total. The Morgan fingerprint density at radius 3 is 2.81 bits per heavy atom. The second-order valence-corrected chi connectivity index (χ2v) is 7.83. The Kier molecular flexibility index (Phi) is 6.52. The zero-order valence-corrected chi connectivity index (χ0v) is 16.9. The quantitative estimate of drug-likeness (QED) is 0.784. The molecule has 1 aromatic heterocycles. The molecule has 27 heavy (non-hydrogen) atoms. The average Bonchev–Trinajstić information content (AvgIpc) is 3.10. The van der Waals surface area contributed by atoms with Gasteiger partial charge in [0.15, 0.2) is 5.76 Å². The van der Waals surface area contributed by atoms with Crippen LogP contribution in [-0.4, -0.2) is 49.5 Å². The van der Waals surface area contributed by atoms with Crippen LogP contribution in [0.15, 0.2) is 41.5 Å². The lowest BCUT2D eigenvalue weighted by molar-refractivity contribution is -0.169. The maximum Gasteiger partial charge on any atom is 0.288 e. The molecule has 1 aliphatic heterocycles. The summed E-state index contributed by atoms with van der Waals surface area (Å²) in [6.45, 7) is 2.55. The third-order valence-corrected chi connectivity index (χ3v) is 5.88. The molecule has 5 nitrogen and oxygen atoms in total. The predicted octanol–water partition coefficient (Wildman–Crippen LogP) is 3.74. The van der Waals surface area contributed by atoms with E-state index >= 15 is 0 Å². The van der Waals surface area contributed by atoms with E-state index in [1.807, 2.05) is 25.1 Å². The van der Waals surface area contributed by atoms with Crippen molar-refractivity contribution in [1.82, 2.24) is 4.90 Å². The molecular formula is C21H27NO4S. The molecule has 0 aliphatic carbocycles. The highest BCUT2D eigenvalue weighted by Gasteiger charge is 2.38. The highest BCUT2D eigenvalue weighted by atomic mass is 32.1. The van der Waals surface area contributed by atoms with Gasteiger partial charge in [-0.2, -0.15) is 0 Å². The van der Waals surface area contributed by atoms with Crippen LogP contribution in [0.1, 0.15) is 31.2 Å². The number of thiophene rings is 1. The van der Waals surface area contributed by atoms with Crippen molar-refractivity contribution >= 4 is 27.3 Å². The Morgan fingerprint density at radius 2 is 2.11 bits per heavy atom. The lowest BCUT2D eigenvalue weighted by atomic mass is 9.80. The van der Waals surface area contributed by atoms with Crippen LogP contribution in [0.5, 0.6) is 0 Å². The van der Waals surface area contributed by atoms with Gasteiger partial charge in [-0.15, -0.1) is 11.3 Å². The van der Waals surface area contributed by atoms with Gasteiger partial charge in [0.1, 0.15) is 0 Å². The van der Waals surface area contributed by atoms with E-state index < -0.39 is 6.29 Å². The van der Waals surface area contributed by atoms with Crippen molar-refractivity contribution in [1.29, 1.82) is 0 Å². The molecule has 0 radical (unpaired) electrons. The normalized spacial score (nSPS) is 22.4. The zero-order chi connectivity index (χ0) is 19.4. The van der Waals surface area contributed by atoms with Crippen LogP contribution in [0.25, 0.3) is 10.1 Å². The third kappa shape index (κ3) is 4.18. The molecule has 2 aromatic rings. The van der Waals surface area contributed by atoms with Crippen molar-refractivity contribution in [3.63, 3.8) is 0 Å². The smallest absolute Gasteiger partial charge is 0.288 e. The number of allylic oxidation sites excluding steroid dienone is 1. The first kappa shape index (κ1) is 19.9. The lowest BCUT2D eigenvalue weighted by Gasteiger charge is -2.37. The van der Waals surface area contributed by atoms with Crippen LogP contribution in [0.4, 0.5) is 0 Å². The molecule has 0 unspecified atom stereocenters. The minimum absolute atomic E-state index is 0.00287. The van der Waals surface area contributed by atoms with Gasteiger partial charge in [-0.3, -0.25) is 4.79 Å². The molecule has 2 heterocycles. The number of likely N-dealkylation sites (N-methyl/N-ethyl adjacent to an activating group) is 1. The van der Waals surface area contributed by atoms with Gasteiger partial charge in [-0.25, -0.2) is 0 Å². The van der Waals surface area contributed by atoms with Crippen molar-refractivity contribution in [3.8, 4) is 0 Å². The maximum atomic E-state index is 12.6. The van der Waals surface area contributed by atoms with Crippen LogP contribution in [0.3, 0.4) is 0 Å². The molecule has 1 aromatic carbocycles. The molecular weight excluding hydrogens is 362 g/mol. The number of amides is 1. The number of rotatable bonds is 7. The van der Waals surface area contributed by atoms with Crippen LogP contribution >= 0.6 is 11.3 Å². The number of aliphatic hydroxyl groups is 1. The van der Waals surface area contributed by atoms with Gasteiger partial charge >= 0.3 is 0 Å². The lowest BCUT2D eigenvalue weighted by Crippen LogP contribution is -2.38. The summed E-state index contributed by atoms with van der Waals surface area (Å²) in [6, 6.07) is 8.31. The van der Waals surface area contributed by atoms with Gasteiger partial charge in [-0.05, 0) is 48.2 Å². The molecule has 0 spiro atoms. The first-order valence-corrected chi connectivity index (χ1v) is 10.2. The second kappa shape index (κ2) is 8.87. The Balaban J connectivity index is 2.07. The van der Waals surface area contributed by atoms with Crippen molar-refractivity contribution in [2.45, 2.75) is 32.0 Å². The minimum Gasteiger partial charge on any atom is -0.459 e. The van der Waals surface area contributed by atoms with E-state index in [4.69, 9.17) is 9.47 Å². The van der Waals surface area contributed by atoms with E-state index in [0.29, 0.717) is 18.8 Å². The second-order valence-electron chi connectivity index (χ2n) is 6.91. The van der Waals surface area contributed by atoms with Crippen LogP contribution in [-0.2, 0) is 14.3 Å². The molecule has 3 atom stereocenters. The molecule has 6 heteroatoms. The fourth-order valence-electron chi connectivity index (χ4n) is 3.59. The molecule has 1 aliphatic rings. The van der Waals surface area contributed by atoms with Gasteiger partial charge in [0, 0.05) is 43.8 Å². The van der Waals surface area contributed by atoms with Crippen molar-refractivity contribution < 1.29 is 19.4 Å². The Morgan fingerprint density at radius 1 is 1.33 bits per heavy atom. The Hall–Kier alpha value is -1.89. The van der Waals surface area contributed by atoms with Crippen molar-refractivity contribution in [2.75, 3.05) is 27.3 Å². The van der Waals surface area contributed by atoms with Gasteiger partial charge in [0.2, 0.25) is 6.29 Å². The largest absolute Gasteiger partial charge is 0.459 e. The van der Waals surface area contributed by atoms with Crippen LogP contribution in [0, 0.1) is 5.92 Å². The Labute approximate surface area is 164 Å². The van der Waals surface area contributed by atoms with Gasteiger partial charge in [0.05, 0.1) is 0 Å². The standard InChI is InChI=1S/C21H27NO4S/c1-4-25-21-15(9-7-11-23)16(12-18(26-21)20(24)22(2)3)17-13-27-19-10-6-5-8-14(17)19/h5-6,8,10,12-13,15-16,21,23H,4,7,9,11H2,1-3H3/t15-,16-,21+/m0/s1. The third-order valence-electron chi connectivity index (χ3n) is 4.90. The highest BCUT2D eigenvalue weighted by Crippen LogP contribution is 2.43. The monoisotopic (exact) mass is 389 g/mol. The van der Waals surface area contributed by atoms with E-state index in [0.717, 1.165) is 6.42 Å². The molecule has 146 valence electrons. The van der Waals surface area contributed by atoms with Gasteiger partial charge in [-0.1, -0.05) is 18.2 Å². The maximum absolute atomic E-state index is 12.6. The fourth-order valence-corrected chi connectivity index (χ4v) is 4.60. The summed E-state index contributed by atoms with van der Waals surface area (Å²) >= 11 is 1.71. The number of carbonyl (C=O) groups excluding carboxylic acids is 1. The molecule has 0 saturated carbocycles. The van der Waals surface area contributed by atoms with Crippen molar-refractivity contribution in [3.05, 3.63) is 47.0 Å². The summed E-state index contributed by atoms with van der Waals surface area (Å²) in [6.07, 6.45) is 2.86. The number of hydrogen-bond acceptors (Lipinski definition) is 5. The number of ether oxygens (including phenoxy) is 2. The Bertz CT molecular complexity index is 813. The van der Waals surface area contributed by atoms with E-state index in [1.165, 1.54) is 20.5 Å². The highest BCUT2D eigenvalue weighted by molar-refractivity contribution is 7.17. The van der Waals surface area contributed by atoms with Crippen LogP contribution in [0.2, 0.25) is 0 Å². The summed E-state index contributed by atoms with van der Waals surface area (Å²) in [5.41, 5.74) is 1.19. The van der Waals surface area contributed by atoms with Gasteiger partial charge < -0.3 is 19.5 Å². The summed E-state index contributed by atoms with van der Waals surface area (Å²) in [5.74, 6) is 0.203. The number of hydrogen-bond donors (Lipinski definition) is 1. The molecule has 0 bridgehead atoms. The van der Waals surface area contributed by atoms with Gasteiger partial charge in [0.25, 0.3) is 5.91 Å². The number of nitrogens with zero attached hydrogens (tertiary/aromatic N) is 1. The number of fused-ring (bicyclic) bond motifs is 1. The average molecular weight is 390 g/mol. The summed E-state index contributed by atoms with van der Waals surface area (Å²) in [7, 11) is 3.43. The first-order valence-electron chi connectivity index (χ1n) is 9.35. The molecule has 1 amide bonds. The van der Waals surface area contributed by atoms with E-state index in [9.17, 15) is 9.90 Å². The fraction of sp³-hybridized carbons (Fsp3) is 0.476. The molecule has 0 fully saturated rings. The zero-order valence-electron chi connectivity index (χ0n) is 16.1. The summed E-state index contributed by atoms with van der Waals surface area (Å²) in [4.78, 5) is 14.1. The van der Waals surface area contributed by atoms with E-state index in [2.05, 4.69) is 17.5 Å². The summed E-state index contributed by atoms with van der Waals surface area (Å²) < 4.78 is 13.1.